The predicted octanol–water partition coefficient (Wildman–Crippen LogP) is 4.14. The molecule has 1 N–H and O–H groups in total. The van der Waals surface area contributed by atoms with E-state index < -0.39 is 15.8 Å². The standard InChI is InChI=1S/C20H19N5O6/c1-13-3-5-17(6-4-13)31-18-11-15(10-16(12-18)24(27)28)21-20(26)7-8-23-14(2)9-19(22-23)25(29)30/h3-6,9-12H,7-8H2,1-2H3,(H,21,26). The van der Waals surface area contributed by atoms with Crippen molar-refractivity contribution in [1.29, 1.82) is 0 Å². The van der Waals surface area contributed by atoms with Crippen molar-refractivity contribution in [2.45, 2.75) is 26.8 Å². The van der Waals surface area contributed by atoms with Crippen molar-refractivity contribution >= 4 is 23.1 Å². The number of carbonyl (C=O) groups excluding carboxylic acids is 1. The summed E-state index contributed by atoms with van der Waals surface area (Å²) in [6.07, 6.45) is -0.0312. The van der Waals surface area contributed by atoms with E-state index in [-0.39, 0.29) is 35.9 Å². The van der Waals surface area contributed by atoms with Crippen LogP contribution in [0.2, 0.25) is 0 Å². The lowest BCUT2D eigenvalue weighted by Crippen LogP contribution is -2.15. The lowest BCUT2D eigenvalue weighted by molar-refractivity contribution is -0.389. The third-order valence-corrected chi connectivity index (χ3v) is 4.35. The minimum absolute atomic E-state index is 0.0312. The highest BCUT2D eigenvalue weighted by Crippen LogP contribution is 2.30. The van der Waals surface area contributed by atoms with Crippen LogP contribution in [-0.4, -0.2) is 25.5 Å². The van der Waals surface area contributed by atoms with Gasteiger partial charge in [0.15, 0.2) is 0 Å². The Hall–Kier alpha value is -4.28. The van der Waals surface area contributed by atoms with Gasteiger partial charge in [-0.2, -0.15) is 4.68 Å². The number of hydrogen-bond acceptors (Lipinski definition) is 7. The molecule has 0 aliphatic rings. The van der Waals surface area contributed by atoms with Gasteiger partial charge in [-0.05, 0) is 30.9 Å². The minimum atomic E-state index is -0.609. The fourth-order valence-electron chi connectivity index (χ4n) is 2.80. The molecular formula is C20H19N5O6. The normalized spacial score (nSPS) is 10.5. The Balaban J connectivity index is 1.71. The second-order valence-electron chi connectivity index (χ2n) is 6.81. The molecule has 31 heavy (non-hydrogen) atoms. The number of aryl methyl sites for hydroxylation is 3. The maximum Gasteiger partial charge on any atom is 0.390 e. The van der Waals surface area contributed by atoms with E-state index in [0.29, 0.717) is 11.4 Å². The largest absolute Gasteiger partial charge is 0.457 e. The Labute approximate surface area is 176 Å². The van der Waals surface area contributed by atoms with E-state index in [1.54, 1.807) is 19.1 Å². The Morgan fingerprint density at radius 2 is 1.74 bits per heavy atom. The van der Waals surface area contributed by atoms with Crippen LogP contribution in [-0.2, 0) is 11.3 Å². The van der Waals surface area contributed by atoms with Gasteiger partial charge in [-0.3, -0.25) is 14.9 Å². The Kier molecular flexibility index (Phi) is 6.24. The zero-order chi connectivity index (χ0) is 22.5. The summed E-state index contributed by atoms with van der Waals surface area (Å²) in [6.45, 7) is 3.69. The molecule has 0 atom stereocenters. The molecule has 3 aromatic rings. The maximum atomic E-state index is 12.3. The van der Waals surface area contributed by atoms with E-state index in [9.17, 15) is 25.0 Å². The molecule has 2 aromatic carbocycles. The average molecular weight is 425 g/mol. The van der Waals surface area contributed by atoms with Crippen molar-refractivity contribution in [3.05, 3.63) is 80.0 Å². The lowest BCUT2D eigenvalue weighted by atomic mass is 10.2. The zero-order valence-corrected chi connectivity index (χ0v) is 16.8. The van der Waals surface area contributed by atoms with Gasteiger partial charge < -0.3 is 20.2 Å². The van der Waals surface area contributed by atoms with Crippen molar-refractivity contribution in [2.24, 2.45) is 0 Å². The number of nitro benzene ring substituents is 1. The third-order valence-electron chi connectivity index (χ3n) is 4.35. The molecule has 1 heterocycles. The molecule has 0 spiro atoms. The number of amides is 1. The van der Waals surface area contributed by atoms with Crippen molar-refractivity contribution in [2.75, 3.05) is 5.32 Å². The van der Waals surface area contributed by atoms with E-state index in [4.69, 9.17) is 4.74 Å². The number of nitrogens with zero attached hydrogens (tertiary/aromatic N) is 4. The van der Waals surface area contributed by atoms with E-state index in [2.05, 4.69) is 10.4 Å². The highest BCUT2D eigenvalue weighted by atomic mass is 16.6. The first kappa shape index (κ1) is 21.4. The molecule has 160 valence electrons. The zero-order valence-electron chi connectivity index (χ0n) is 16.8. The Morgan fingerprint density at radius 3 is 2.35 bits per heavy atom. The number of aromatic nitrogens is 2. The molecule has 0 aliphatic heterocycles. The first-order valence-electron chi connectivity index (χ1n) is 9.24. The highest BCUT2D eigenvalue weighted by molar-refractivity contribution is 5.91. The van der Waals surface area contributed by atoms with Crippen LogP contribution in [0.1, 0.15) is 17.7 Å². The summed E-state index contributed by atoms with van der Waals surface area (Å²) < 4.78 is 7.04. The van der Waals surface area contributed by atoms with E-state index >= 15 is 0 Å². The summed E-state index contributed by atoms with van der Waals surface area (Å²) >= 11 is 0. The number of hydrogen-bond donors (Lipinski definition) is 1. The summed E-state index contributed by atoms with van der Waals surface area (Å²) in [5, 5.41) is 28.5. The molecule has 1 aromatic heterocycles. The average Bonchev–Trinajstić information content (AvgIpc) is 3.09. The van der Waals surface area contributed by atoms with Crippen molar-refractivity contribution < 1.29 is 19.4 Å². The number of carbonyl (C=O) groups is 1. The van der Waals surface area contributed by atoms with E-state index in [1.165, 1.54) is 28.9 Å². The van der Waals surface area contributed by atoms with Gasteiger partial charge in [-0.15, -0.1) is 0 Å². The first-order valence-corrected chi connectivity index (χ1v) is 9.24. The number of benzene rings is 2. The molecule has 0 saturated heterocycles. The van der Waals surface area contributed by atoms with Gasteiger partial charge in [0.1, 0.15) is 11.5 Å². The van der Waals surface area contributed by atoms with Gasteiger partial charge in [0.25, 0.3) is 5.69 Å². The number of nitrogens with one attached hydrogen (secondary N) is 1. The molecule has 0 saturated carbocycles. The van der Waals surface area contributed by atoms with Crippen LogP contribution in [0.25, 0.3) is 0 Å². The van der Waals surface area contributed by atoms with Gasteiger partial charge in [0.2, 0.25) is 5.91 Å². The maximum absolute atomic E-state index is 12.3. The molecule has 0 bridgehead atoms. The minimum Gasteiger partial charge on any atom is -0.457 e. The SMILES string of the molecule is Cc1ccc(Oc2cc(NC(=O)CCn3nc([N+](=O)[O-])cc3C)cc([N+](=O)[O-])c2)cc1. The topological polar surface area (TPSA) is 142 Å². The summed E-state index contributed by atoms with van der Waals surface area (Å²) in [4.78, 5) is 33.2. The smallest absolute Gasteiger partial charge is 0.390 e. The molecule has 11 heteroatoms. The molecule has 0 fully saturated rings. The Bertz CT molecular complexity index is 1140. The van der Waals surface area contributed by atoms with Crippen LogP contribution in [0, 0.1) is 34.1 Å². The lowest BCUT2D eigenvalue weighted by Gasteiger charge is -2.10. The van der Waals surface area contributed by atoms with Gasteiger partial charge in [-0.1, -0.05) is 17.7 Å². The van der Waals surface area contributed by atoms with Crippen LogP contribution in [0.3, 0.4) is 0 Å². The second-order valence-corrected chi connectivity index (χ2v) is 6.81. The number of non-ortho nitro benzene ring substituents is 1. The predicted molar refractivity (Wildman–Crippen MR) is 111 cm³/mol. The van der Waals surface area contributed by atoms with Gasteiger partial charge in [-0.25, -0.2) is 0 Å². The summed E-state index contributed by atoms with van der Waals surface area (Å²) in [6, 6.07) is 12.4. The molecule has 0 aliphatic carbocycles. The van der Waals surface area contributed by atoms with Gasteiger partial charge in [0.05, 0.1) is 40.1 Å². The van der Waals surface area contributed by atoms with Gasteiger partial charge >= 0.3 is 5.82 Å². The van der Waals surface area contributed by atoms with Crippen LogP contribution in [0.15, 0.2) is 48.5 Å². The summed E-state index contributed by atoms with van der Waals surface area (Å²) in [7, 11) is 0. The van der Waals surface area contributed by atoms with Crippen molar-refractivity contribution in [3.63, 3.8) is 0 Å². The van der Waals surface area contributed by atoms with Crippen LogP contribution in [0.4, 0.5) is 17.2 Å². The van der Waals surface area contributed by atoms with E-state index in [0.717, 1.165) is 5.56 Å². The number of anilines is 1. The Morgan fingerprint density at radius 1 is 1.03 bits per heavy atom. The molecular weight excluding hydrogens is 406 g/mol. The van der Waals surface area contributed by atoms with Gasteiger partial charge in [0, 0.05) is 18.6 Å². The molecule has 0 unspecified atom stereocenters. The molecule has 11 nitrogen and oxygen atoms in total. The molecule has 1 amide bonds. The molecule has 0 radical (unpaired) electrons. The summed E-state index contributed by atoms with van der Waals surface area (Å²) in [5.41, 5.74) is 1.55. The second kappa shape index (κ2) is 9.03. The van der Waals surface area contributed by atoms with E-state index in [1.807, 2.05) is 19.1 Å². The fourth-order valence-corrected chi connectivity index (χ4v) is 2.80. The monoisotopic (exact) mass is 425 g/mol. The highest BCUT2D eigenvalue weighted by Gasteiger charge is 2.17. The number of ether oxygens (including phenoxy) is 1. The number of rotatable bonds is 8. The third kappa shape index (κ3) is 5.63. The van der Waals surface area contributed by atoms with Crippen LogP contribution >= 0.6 is 0 Å². The van der Waals surface area contributed by atoms with Crippen LogP contribution < -0.4 is 10.1 Å². The van der Waals surface area contributed by atoms with Crippen molar-refractivity contribution in [3.8, 4) is 11.5 Å². The summed E-state index contributed by atoms with van der Waals surface area (Å²) in [5.74, 6) is -0.0279. The molecule has 3 rings (SSSR count). The van der Waals surface area contributed by atoms with Crippen molar-refractivity contribution in [1.82, 2.24) is 9.78 Å². The first-order chi connectivity index (χ1) is 14.7. The van der Waals surface area contributed by atoms with Crippen LogP contribution in [0.5, 0.6) is 11.5 Å². The number of nitro groups is 2. The quantitative estimate of drug-likeness (QED) is 0.422. The fraction of sp³-hybridized carbons (Fsp3) is 0.200.